The highest BCUT2D eigenvalue weighted by Gasteiger charge is 2.12. The van der Waals surface area contributed by atoms with Crippen LogP contribution in [0.25, 0.3) is 0 Å². The van der Waals surface area contributed by atoms with Crippen molar-refractivity contribution in [1.82, 2.24) is 0 Å². The highest BCUT2D eigenvalue weighted by Crippen LogP contribution is 2.21. The van der Waals surface area contributed by atoms with Gasteiger partial charge >= 0.3 is 11.9 Å². The van der Waals surface area contributed by atoms with Crippen LogP contribution in [-0.4, -0.2) is 11.9 Å². The lowest BCUT2D eigenvalue weighted by atomic mass is 10.2. The molecular weight excluding hydrogens is 332 g/mol. The highest BCUT2D eigenvalue weighted by molar-refractivity contribution is 5.96. The van der Waals surface area contributed by atoms with Crippen molar-refractivity contribution in [3.8, 4) is 11.5 Å². The van der Waals surface area contributed by atoms with Crippen molar-refractivity contribution < 1.29 is 19.1 Å². The molecule has 0 bridgehead atoms. The fourth-order valence-corrected chi connectivity index (χ4v) is 2.25. The Morgan fingerprint density at radius 3 is 1.92 bits per heavy atom. The van der Waals surface area contributed by atoms with Crippen molar-refractivity contribution >= 4 is 23.3 Å². The van der Waals surface area contributed by atoms with E-state index in [1.54, 1.807) is 42.5 Å². The summed E-state index contributed by atoms with van der Waals surface area (Å²) in [6.45, 7) is 0. The second-order valence-electron chi connectivity index (χ2n) is 5.46. The molecule has 0 aliphatic carbocycles. The third kappa shape index (κ3) is 3.99. The number of esters is 2. The average molecular weight is 348 g/mol. The first-order chi connectivity index (χ1) is 12.5. The zero-order valence-corrected chi connectivity index (χ0v) is 13.7. The number of rotatable bonds is 4. The van der Waals surface area contributed by atoms with Crippen molar-refractivity contribution in [3.05, 3.63) is 83.9 Å². The Kier molecular flexibility index (Phi) is 4.85. The molecule has 0 radical (unpaired) electrons. The van der Waals surface area contributed by atoms with E-state index in [9.17, 15) is 9.59 Å². The van der Waals surface area contributed by atoms with E-state index in [4.69, 9.17) is 20.9 Å². The molecule has 6 heteroatoms. The molecule has 3 aromatic rings. The molecule has 0 saturated carbocycles. The maximum Gasteiger partial charge on any atom is 0.345 e. The molecule has 0 aromatic heterocycles. The fraction of sp³-hybridized carbons (Fsp3) is 0. The molecule has 26 heavy (non-hydrogen) atoms. The summed E-state index contributed by atoms with van der Waals surface area (Å²) < 4.78 is 10.5. The standard InChI is InChI=1S/C20H16N2O4/c21-14-5-3-4-13(12-14)19(23)25-15-8-10-16(11-9-15)26-20(24)17-6-1-2-7-18(17)22/h1-12H,21-22H2. The smallest absolute Gasteiger partial charge is 0.345 e. The largest absolute Gasteiger partial charge is 0.423 e. The van der Waals surface area contributed by atoms with E-state index in [0.717, 1.165) is 0 Å². The van der Waals surface area contributed by atoms with E-state index >= 15 is 0 Å². The van der Waals surface area contributed by atoms with Gasteiger partial charge in [0.25, 0.3) is 0 Å². The number of hydrogen-bond donors (Lipinski definition) is 2. The Hall–Kier alpha value is -3.80. The Morgan fingerprint density at radius 2 is 1.31 bits per heavy atom. The third-order valence-corrected chi connectivity index (χ3v) is 3.55. The van der Waals surface area contributed by atoms with Crippen molar-refractivity contribution in [2.24, 2.45) is 0 Å². The number of benzene rings is 3. The summed E-state index contributed by atoms with van der Waals surface area (Å²) in [6, 6.07) is 19.2. The summed E-state index contributed by atoms with van der Waals surface area (Å²) >= 11 is 0. The number of anilines is 2. The van der Waals surface area contributed by atoms with Gasteiger partial charge in [-0.05, 0) is 54.6 Å². The molecule has 3 rings (SSSR count). The van der Waals surface area contributed by atoms with E-state index in [2.05, 4.69) is 0 Å². The zero-order chi connectivity index (χ0) is 18.5. The molecule has 0 atom stereocenters. The van der Waals surface area contributed by atoms with Gasteiger partial charge in [0.2, 0.25) is 0 Å². The van der Waals surface area contributed by atoms with Crippen LogP contribution in [0.4, 0.5) is 11.4 Å². The van der Waals surface area contributed by atoms with Gasteiger partial charge in [-0.1, -0.05) is 18.2 Å². The maximum atomic E-state index is 12.1. The monoisotopic (exact) mass is 348 g/mol. The Balaban J connectivity index is 1.66. The molecule has 130 valence electrons. The van der Waals surface area contributed by atoms with E-state index in [1.165, 1.54) is 30.3 Å². The number of nitrogens with two attached hydrogens (primary N) is 2. The van der Waals surface area contributed by atoms with E-state index in [-0.39, 0.29) is 5.56 Å². The van der Waals surface area contributed by atoms with Gasteiger partial charge in [-0.25, -0.2) is 9.59 Å². The van der Waals surface area contributed by atoms with E-state index < -0.39 is 11.9 Å². The molecule has 4 N–H and O–H groups in total. The van der Waals surface area contributed by atoms with Crippen LogP contribution < -0.4 is 20.9 Å². The van der Waals surface area contributed by atoms with Crippen molar-refractivity contribution in [2.75, 3.05) is 11.5 Å². The van der Waals surface area contributed by atoms with Crippen LogP contribution in [0.15, 0.2) is 72.8 Å². The molecule has 0 amide bonds. The predicted molar refractivity (Wildman–Crippen MR) is 98.1 cm³/mol. The van der Waals surface area contributed by atoms with Gasteiger partial charge in [0.05, 0.1) is 11.1 Å². The van der Waals surface area contributed by atoms with Gasteiger partial charge in [-0.2, -0.15) is 0 Å². The van der Waals surface area contributed by atoms with Gasteiger partial charge in [0.1, 0.15) is 11.5 Å². The minimum atomic E-state index is -0.562. The van der Waals surface area contributed by atoms with Crippen LogP contribution >= 0.6 is 0 Å². The third-order valence-electron chi connectivity index (χ3n) is 3.55. The second-order valence-corrected chi connectivity index (χ2v) is 5.46. The molecule has 0 aliphatic rings. The van der Waals surface area contributed by atoms with Crippen molar-refractivity contribution in [3.63, 3.8) is 0 Å². The van der Waals surface area contributed by atoms with Gasteiger partial charge in [-0.3, -0.25) is 0 Å². The zero-order valence-electron chi connectivity index (χ0n) is 13.7. The summed E-state index contributed by atoms with van der Waals surface area (Å²) in [5, 5.41) is 0. The van der Waals surface area contributed by atoms with E-state index in [1.807, 2.05) is 0 Å². The Labute approximate surface area is 150 Å². The summed E-state index contributed by atoms with van der Waals surface area (Å²) in [6.07, 6.45) is 0. The van der Waals surface area contributed by atoms with Gasteiger partial charge < -0.3 is 20.9 Å². The second kappa shape index (κ2) is 7.40. The van der Waals surface area contributed by atoms with Gasteiger partial charge in [-0.15, -0.1) is 0 Å². The Morgan fingerprint density at radius 1 is 0.692 bits per heavy atom. The normalized spacial score (nSPS) is 10.2. The SMILES string of the molecule is Nc1cccc(C(=O)Oc2ccc(OC(=O)c3ccccc3N)cc2)c1. The fourth-order valence-electron chi connectivity index (χ4n) is 2.25. The van der Waals surface area contributed by atoms with Crippen LogP contribution in [0.2, 0.25) is 0 Å². The molecule has 0 saturated heterocycles. The summed E-state index contributed by atoms with van der Waals surface area (Å²) in [5.74, 6) is -0.467. The van der Waals surface area contributed by atoms with Crippen LogP contribution in [0.3, 0.4) is 0 Å². The lowest BCUT2D eigenvalue weighted by molar-refractivity contribution is 0.0720. The molecule has 0 fully saturated rings. The highest BCUT2D eigenvalue weighted by atomic mass is 16.5. The molecular formula is C20H16N2O4. The Bertz CT molecular complexity index is 952. The molecule has 6 nitrogen and oxygen atoms in total. The van der Waals surface area contributed by atoms with Crippen LogP contribution in [-0.2, 0) is 0 Å². The lowest BCUT2D eigenvalue weighted by Gasteiger charge is -2.08. The van der Waals surface area contributed by atoms with Crippen LogP contribution in [0, 0.1) is 0 Å². The van der Waals surface area contributed by atoms with E-state index in [0.29, 0.717) is 28.4 Å². The first-order valence-electron chi connectivity index (χ1n) is 7.77. The maximum absolute atomic E-state index is 12.1. The predicted octanol–water partition coefficient (Wildman–Crippen LogP) is 3.29. The number of para-hydroxylation sites is 1. The van der Waals surface area contributed by atoms with Crippen LogP contribution in [0.1, 0.15) is 20.7 Å². The topological polar surface area (TPSA) is 105 Å². The molecule has 3 aromatic carbocycles. The van der Waals surface area contributed by atoms with Crippen LogP contribution in [0.5, 0.6) is 11.5 Å². The number of hydrogen-bond acceptors (Lipinski definition) is 6. The quantitative estimate of drug-likeness (QED) is 0.426. The summed E-state index contributed by atoms with van der Waals surface area (Å²) in [5.41, 5.74) is 12.8. The summed E-state index contributed by atoms with van der Waals surface area (Å²) in [7, 11) is 0. The molecule has 0 heterocycles. The van der Waals surface area contributed by atoms with Gasteiger partial charge in [0, 0.05) is 11.4 Å². The average Bonchev–Trinajstić information content (AvgIpc) is 2.63. The van der Waals surface area contributed by atoms with Gasteiger partial charge in [0.15, 0.2) is 0 Å². The number of carbonyl (C=O) groups excluding carboxylic acids is 2. The number of ether oxygens (including phenoxy) is 2. The van der Waals surface area contributed by atoms with Crippen molar-refractivity contribution in [1.29, 1.82) is 0 Å². The first kappa shape index (κ1) is 17.0. The molecule has 0 aliphatic heterocycles. The minimum Gasteiger partial charge on any atom is -0.423 e. The lowest BCUT2D eigenvalue weighted by Crippen LogP contribution is -2.11. The number of carbonyl (C=O) groups is 2. The minimum absolute atomic E-state index is 0.282. The first-order valence-corrected chi connectivity index (χ1v) is 7.77. The molecule has 0 spiro atoms. The van der Waals surface area contributed by atoms with Crippen molar-refractivity contribution in [2.45, 2.75) is 0 Å². The number of nitrogen functional groups attached to an aromatic ring is 2. The summed E-state index contributed by atoms with van der Waals surface area (Å²) in [4.78, 5) is 24.2. The molecule has 0 unspecified atom stereocenters.